The van der Waals surface area contributed by atoms with E-state index in [-0.39, 0.29) is 0 Å². The lowest BCUT2D eigenvalue weighted by Crippen LogP contribution is -2.56. The first-order valence-electron chi connectivity index (χ1n) is 7.70. The van der Waals surface area contributed by atoms with Gasteiger partial charge >= 0.3 is 5.97 Å². The van der Waals surface area contributed by atoms with Gasteiger partial charge in [-0.3, -0.25) is 4.79 Å². The lowest BCUT2D eigenvalue weighted by Gasteiger charge is -2.36. The number of nitrogens with one attached hydrogen (secondary N) is 1. The Morgan fingerprint density at radius 3 is 2.39 bits per heavy atom. The van der Waals surface area contributed by atoms with Gasteiger partial charge in [-0.25, -0.2) is 4.79 Å². The van der Waals surface area contributed by atoms with Crippen LogP contribution in [-0.4, -0.2) is 36.7 Å². The molecule has 1 aliphatic carbocycles. The fourth-order valence-corrected chi connectivity index (χ4v) is 2.92. The maximum absolute atomic E-state index is 12.6. The lowest BCUT2D eigenvalue weighted by atomic mass is 9.77. The summed E-state index contributed by atoms with van der Waals surface area (Å²) in [6, 6.07) is 4.83. The third-order valence-corrected chi connectivity index (χ3v) is 4.54. The summed E-state index contributed by atoms with van der Waals surface area (Å²) >= 11 is 0. The van der Waals surface area contributed by atoms with Crippen LogP contribution in [0.25, 0.3) is 0 Å². The molecule has 1 aromatic carbocycles. The number of carboxylic acids is 1. The molecule has 0 atom stereocenters. The standard InChI is InChI=1S/C17H23NO5/c1-11-6-8-17(9-7-11,16(20)21)18-15(19)13-5-4-12(22-2)10-14(13)23-3/h4-5,10-11H,6-9H2,1-3H3,(H,18,19)(H,20,21). The Hall–Kier alpha value is -2.24. The second kappa shape index (κ2) is 6.89. The Labute approximate surface area is 135 Å². The lowest BCUT2D eigenvalue weighted by molar-refractivity contribution is -0.146. The maximum Gasteiger partial charge on any atom is 0.329 e. The molecular formula is C17H23NO5. The zero-order chi connectivity index (χ0) is 17.0. The minimum Gasteiger partial charge on any atom is -0.497 e. The van der Waals surface area contributed by atoms with E-state index in [1.54, 1.807) is 18.2 Å². The predicted molar refractivity (Wildman–Crippen MR) is 85.0 cm³/mol. The van der Waals surface area contributed by atoms with Gasteiger partial charge in [0.25, 0.3) is 5.91 Å². The van der Waals surface area contributed by atoms with Crippen LogP contribution in [0.5, 0.6) is 11.5 Å². The minimum absolute atomic E-state index is 0.299. The molecule has 0 aliphatic heterocycles. The van der Waals surface area contributed by atoms with Crippen LogP contribution in [0.1, 0.15) is 43.0 Å². The van der Waals surface area contributed by atoms with Gasteiger partial charge in [-0.1, -0.05) is 6.92 Å². The largest absolute Gasteiger partial charge is 0.497 e. The van der Waals surface area contributed by atoms with Crippen LogP contribution in [0.15, 0.2) is 18.2 Å². The molecule has 0 bridgehead atoms. The fraction of sp³-hybridized carbons (Fsp3) is 0.529. The molecule has 2 N–H and O–H groups in total. The molecule has 0 aromatic heterocycles. The fourth-order valence-electron chi connectivity index (χ4n) is 2.92. The second-order valence-electron chi connectivity index (χ2n) is 6.09. The summed E-state index contributed by atoms with van der Waals surface area (Å²) in [4.78, 5) is 24.3. The third kappa shape index (κ3) is 3.57. The van der Waals surface area contributed by atoms with Crippen molar-refractivity contribution in [2.45, 2.75) is 38.1 Å². The number of amides is 1. The van der Waals surface area contributed by atoms with Crippen molar-refractivity contribution in [3.8, 4) is 11.5 Å². The number of ether oxygens (including phenoxy) is 2. The SMILES string of the molecule is COc1ccc(C(=O)NC2(C(=O)O)CCC(C)CC2)c(OC)c1. The Morgan fingerprint density at radius 2 is 1.87 bits per heavy atom. The smallest absolute Gasteiger partial charge is 0.329 e. The Balaban J connectivity index is 2.24. The molecule has 2 rings (SSSR count). The Morgan fingerprint density at radius 1 is 1.22 bits per heavy atom. The molecule has 0 spiro atoms. The molecule has 0 saturated heterocycles. The van der Waals surface area contributed by atoms with Gasteiger partial charge in [0.2, 0.25) is 0 Å². The number of hydrogen-bond donors (Lipinski definition) is 2. The van der Waals surface area contributed by atoms with Gasteiger partial charge in [0.15, 0.2) is 0 Å². The average Bonchev–Trinajstić information content (AvgIpc) is 2.56. The number of aliphatic carboxylic acids is 1. The van der Waals surface area contributed by atoms with Crippen molar-refractivity contribution in [2.75, 3.05) is 14.2 Å². The Kier molecular flexibility index (Phi) is 5.13. The second-order valence-corrected chi connectivity index (χ2v) is 6.09. The number of carboxylic acid groups (broad SMARTS) is 1. The van der Waals surface area contributed by atoms with Crippen molar-refractivity contribution in [3.05, 3.63) is 23.8 Å². The average molecular weight is 321 g/mol. The van der Waals surface area contributed by atoms with Crippen LogP contribution >= 0.6 is 0 Å². The minimum atomic E-state index is -1.20. The van der Waals surface area contributed by atoms with Crippen molar-refractivity contribution in [1.29, 1.82) is 0 Å². The summed E-state index contributed by atoms with van der Waals surface area (Å²) in [6.07, 6.45) is 2.44. The van der Waals surface area contributed by atoms with Crippen molar-refractivity contribution in [2.24, 2.45) is 5.92 Å². The molecule has 1 amide bonds. The van der Waals surface area contributed by atoms with Gasteiger partial charge < -0.3 is 19.9 Å². The highest BCUT2D eigenvalue weighted by atomic mass is 16.5. The molecule has 0 heterocycles. The summed E-state index contributed by atoms with van der Waals surface area (Å²) in [6.45, 7) is 2.10. The van der Waals surface area contributed by atoms with Crippen molar-refractivity contribution in [1.82, 2.24) is 5.32 Å². The van der Waals surface area contributed by atoms with Gasteiger partial charge in [0, 0.05) is 6.07 Å². The summed E-state index contributed by atoms with van der Waals surface area (Å²) in [5, 5.41) is 12.3. The quantitative estimate of drug-likeness (QED) is 0.870. The van der Waals surface area contributed by atoms with Crippen molar-refractivity contribution in [3.63, 3.8) is 0 Å². The van der Waals surface area contributed by atoms with E-state index < -0.39 is 17.4 Å². The molecule has 1 fully saturated rings. The molecule has 126 valence electrons. The van der Waals surface area contributed by atoms with Crippen LogP contribution in [0, 0.1) is 5.92 Å². The van der Waals surface area contributed by atoms with E-state index in [4.69, 9.17) is 9.47 Å². The van der Waals surface area contributed by atoms with E-state index in [0.29, 0.717) is 35.8 Å². The van der Waals surface area contributed by atoms with Gasteiger partial charge in [-0.05, 0) is 43.7 Å². The molecule has 23 heavy (non-hydrogen) atoms. The van der Waals surface area contributed by atoms with E-state index in [1.807, 2.05) is 0 Å². The van der Waals surface area contributed by atoms with E-state index in [1.165, 1.54) is 14.2 Å². The number of carbonyl (C=O) groups is 2. The van der Waals surface area contributed by atoms with Crippen LogP contribution in [0.2, 0.25) is 0 Å². The van der Waals surface area contributed by atoms with E-state index in [2.05, 4.69) is 12.2 Å². The van der Waals surface area contributed by atoms with E-state index in [0.717, 1.165) is 12.8 Å². The van der Waals surface area contributed by atoms with Crippen LogP contribution in [0.4, 0.5) is 0 Å². The van der Waals surface area contributed by atoms with E-state index in [9.17, 15) is 14.7 Å². The van der Waals surface area contributed by atoms with Gasteiger partial charge in [-0.2, -0.15) is 0 Å². The number of methoxy groups -OCH3 is 2. The molecule has 1 aliphatic rings. The van der Waals surface area contributed by atoms with Crippen molar-refractivity contribution >= 4 is 11.9 Å². The van der Waals surface area contributed by atoms with Crippen LogP contribution < -0.4 is 14.8 Å². The van der Waals surface area contributed by atoms with Gasteiger partial charge in [0.1, 0.15) is 17.0 Å². The van der Waals surface area contributed by atoms with E-state index >= 15 is 0 Å². The predicted octanol–water partition coefficient (Wildman–Crippen LogP) is 2.47. The molecule has 6 nitrogen and oxygen atoms in total. The normalized spacial score (nSPS) is 23.9. The van der Waals surface area contributed by atoms with Gasteiger partial charge in [-0.15, -0.1) is 0 Å². The zero-order valence-corrected chi connectivity index (χ0v) is 13.7. The maximum atomic E-state index is 12.6. The first kappa shape index (κ1) is 17.1. The number of carbonyl (C=O) groups excluding carboxylic acids is 1. The highest BCUT2D eigenvalue weighted by Gasteiger charge is 2.42. The summed E-state index contributed by atoms with van der Waals surface area (Å²) in [5.41, 5.74) is -0.901. The van der Waals surface area contributed by atoms with Crippen molar-refractivity contribution < 1.29 is 24.2 Å². The highest BCUT2D eigenvalue weighted by molar-refractivity contribution is 6.00. The third-order valence-electron chi connectivity index (χ3n) is 4.54. The van der Waals surface area contributed by atoms with Gasteiger partial charge in [0.05, 0.1) is 19.8 Å². The zero-order valence-electron chi connectivity index (χ0n) is 13.7. The number of rotatable bonds is 5. The molecule has 1 aromatic rings. The first-order chi connectivity index (χ1) is 10.9. The monoisotopic (exact) mass is 321 g/mol. The molecular weight excluding hydrogens is 298 g/mol. The first-order valence-corrected chi connectivity index (χ1v) is 7.70. The molecule has 0 radical (unpaired) electrons. The van der Waals surface area contributed by atoms with Crippen LogP contribution in [-0.2, 0) is 4.79 Å². The van der Waals surface area contributed by atoms with Crippen LogP contribution in [0.3, 0.4) is 0 Å². The number of hydrogen-bond acceptors (Lipinski definition) is 4. The molecule has 0 unspecified atom stereocenters. The molecule has 1 saturated carbocycles. The molecule has 6 heteroatoms. The summed E-state index contributed by atoms with van der Waals surface area (Å²) < 4.78 is 10.3. The number of benzene rings is 1. The Bertz CT molecular complexity index is 591. The highest BCUT2D eigenvalue weighted by Crippen LogP contribution is 2.33. The summed E-state index contributed by atoms with van der Waals surface area (Å²) in [5.74, 6) is -0.0222. The topological polar surface area (TPSA) is 84.9 Å². The summed E-state index contributed by atoms with van der Waals surface area (Å²) in [7, 11) is 2.98.